The van der Waals surface area contributed by atoms with Gasteiger partial charge in [-0.05, 0) is 57.7 Å². The van der Waals surface area contributed by atoms with Gasteiger partial charge in [0.15, 0.2) is 0 Å². The molecule has 2 aromatic carbocycles. The molecule has 0 aromatic heterocycles. The Hall–Kier alpha value is -0.920. The Morgan fingerprint density at radius 2 is 1.78 bits per heavy atom. The van der Waals surface area contributed by atoms with Gasteiger partial charge in [0.2, 0.25) is 0 Å². The number of halogens is 2. The number of hydrogen-bond acceptors (Lipinski definition) is 5. The molecule has 176 valence electrons. The van der Waals surface area contributed by atoms with E-state index in [9.17, 15) is 5.11 Å². The number of aliphatic hydroxyl groups is 1. The Labute approximate surface area is 209 Å². The third-order valence-electron chi connectivity index (χ3n) is 5.78. The number of nitrogens with zero attached hydrogens (tertiary/aromatic N) is 1. The molecule has 0 aliphatic carbocycles. The first-order valence-electron chi connectivity index (χ1n) is 11.1. The first-order valence-corrected chi connectivity index (χ1v) is 13.6. The minimum atomic E-state index is -0.475. The highest BCUT2D eigenvalue weighted by atomic mass is 79.9. The summed E-state index contributed by atoms with van der Waals surface area (Å²) in [4.78, 5) is 2.31. The SMILES string of the molecule is CC(C)(c1ccc(OCC(O)CN2CCSCC2)cc1)c1ccc(OCCCCl)c(Br)c1. The normalized spacial score (nSPS) is 16.0. The molecule has 0 radical (unpaired) electrons. The first-order chi connectivity index (χ1) is 15.4. The van der Waals surface area contributed by atoms with Crippen molar-refractivity contribution in [3.63, 3.8) is 0 Å². The molecule has 1 unspecified atom stereocenters. The van der Waals surface area contributed by atoms with Gasteiger partial charge in [0.05, 0.1) is 11.1 Å². The van der Waals surface area contributed by atoms with E-state index in [-0.39, 0.29) is 5.41 Å². The van der Waals surface area contributed by atoms with Crippen LogP contribution in [-0.2, 0) is 5.41 Å². The smallest absolute Gasteiger partial charge is 0.133 e. The molecule has 4 nitrogen and oxygen atoms in total. The van der Waals surface area contributed by atoms with Gasteiger partial charge in [0, 0.05) is 42.4 Å². The average molecular weight is 543 g/mol. The Morgan fingerprint density at radius 1 is 1.09 bits per heavy atom. The van der Waals surface area contributed by atoms with E-state index >= 15 is 0 Å². The van der Waals surface area contributed by atoms with Crippen molar-refractivity contribution in [1.29, 1.82) is 0 Å². The van der Waals surface area contributed by atoms with Crippen LogP contribution in [0.2, 0.25) is 0 Å². The van der Waals surface area contributed by atoms with Crippen LogP contribution in [0.5, 0.6) is 11.5 Å². The molecule has 1 aliphatic rings. The summed E-state index contributed by atoms with van der Waals surface area (Å²) in [5, 5.41) is 10.3. The fraction of sp³-hybridized carbons (Fsp3) is 0.520. The fourth-order valence-corrected chi connectivity index (χ4v) is 5.29. The molecule has 0 bridgehead atoms. The van der Waals surface area contributed by atoms with Crippen molar-refractivity contribution in [2.24, 2.45) is 0 Å². The standard InChI is InChI=1S/C25H33BrClNO3S/c1-25(2,20-6-9-24(23(26)16-20)30-13-3-10-27)19-4-7-22(8-5-19)31-18-21(29)17-28-11-14-32-15-12-28/h4-9,16,21,29H,3,10-15,17-18H2,1-2H3. The molecule has 0 spiro atoms. The van der Waals surface area contributed by atoms with Gasteiger partial charge in [-0.25, -0.2) is 0 Å². The fourth-order valence-electron chi connectivity index (χ4n) is 3.70. The van der Waals surface area contributed by atoms with Gasteiger partial charge in [0.1, 0.15) is 24.2 Å². The monoisotopic (exact) mass is 541 g/mol. The van der Waals surface area contributed by atoms with Gasteiger partial charge in [-0.1, -0.05) is 32.0 Å². The van der Waals surface area contributed by atoms with Gasteiger partial charge in [-0.15, -0.1) is 11.6 Å². The molecule has 1 N–H and O–H groups in total. The van der Waals surface area contributed by atoms with E-state index in [2.05, 4.69) is 58.9 Å². The summed E-state index contributed by atoms with van der Waals surface area (Å²) in [7, 11) is 0. The highest BCUT2D eigenvalue weighted by molar-refractivity contribution is 9.10. The largest absolute Gasteiger partial charge is 0.492 e. The molecule has 32 heavy (non-hydrogen) atoms. The Kier molecular flexibility index (Phi) is 10.1. The average Bonchev–Trinajstić information content (AvgIpc) is 2.80. The lowest BCUT2D eigenvalue weighted by Gasteiger charge is -2.28. The van der Waals surface area contributed by atoms with Gasteiger partial charge in [0.25, 0.3) is 0 Å². The van der Waals surface area contributed by atoms with Crippen LogP contribution in [0.15, 0.2) is 46.9 Å². The minimum Gasteiger partial charge on any atom is -0.492 e. The molecule has 1 fully saturated rings. The van der Waals surface area contributed by atoms with Crippen LogP contribution in [0.3, 0.4) is 0 Å². The van der Waals surface area contributed by atoms with Gasteiger partial charge in [-0.3, -0.25) is 4.90 Å². The number of thioether (sulfide) groups is 1. The third kappa shape index (κ3) is 7.29. The molecule has 0 amide bonds. The summed E-state index contributed by atoms with van der Waals surface area (Å²) < 4.78 is 12.6. The Morgan fingerprint density at radius 3 is 2.44 bits per heavy atom. The minimum absolute atomic E-state index is 0.179. The highest BCUT2D eigenvalue weighted by Crippen LogP contribution is 2.36. The number of aliphatic hydroxyl groups excluding tert-OH is 1. The number of alkyl halides is 1. The molecular weight excluding hydrogens is 510 g/mol. The van der Waals surface area contributed by atoms with Crippen molar-refractivity contribution < 1.29 is 14.6 Å². The van der Waals surface area contributed by atoms with Crippen LogP contribution in [-0.4, -0.2) is 66.3 Å². The van der Waals surface area contributed by atoms with Crippen LogP contribution >= 0.6 is 39.3 Å². The maximum Gasteiger partial charge on any atom is 0.133 e. The topological polar surface area (TPSA) is 41.9 Å². The number of β-amino-alcohol motifs (C(OH)–C–C–N with tert-alkyl or cyclic N) is 1. The predicted octanol–water partition coefficient (Wildman–Crippen LogP) is 5.57. The van der Waals surface area contributed by atoms with Crippen molar-refractivity contribution in [3.8, 4) is 11.5 Å². The van der Waals surface area contributed by atoms with Crippen LogP contribution in [0.4, 0.5) is 0 Å². The third-order valence-corrected chi connectivity index (χ3v) is 7.61. The van der Waals surface area contributed by atoms with Crippen molar-refractivity contribution in [2.75, 3.05) is 50.2 Å². The van der Waals surface area contributed by atoms with Crippen molar-refractivity contribution in [3.05, 3.63) is 58.1 Å². The highest BCUT2D eigenvalue weighted by Gasteiger charge is 2.24. The van der Waals surface area contributed by atoms with E-state index in [1.807, 2.05) is 30.0 Å². The summed E-state index contributed by atoms with van der Waals surface area (Å²) in [5.74, 6) is 4.50. The van der Waals surface area contributed by atoms with Gasteiger partial charge < -0.3 is 14.6 Å². The van der Waals surface area contributed by atoms with Crippen LogP contribution in [0, 0.1) is 0 Å². The zero-order valence-corrected chi connectivity index (χ0v) is 22.0. The van der Waals surface area contributed by atoms with E-state index in [1.54, 1.807) is 0 Å². The zero-order chi connectivity index (χ0) is 23.0. The molecule has 1 atom stereocenters. The molecule has 7 heteroatoms. The molecule has 0 saturated carbocycles. The molecule has 1 heterocycles. The lowest BCUT2D eigenvalue weighted by atomic mass is 9.78. The van der Waals surface area contributed by atoms with Crippen molar-refractivity contribution in [2.45, 2.75) is 31.8 Å². The Bertz CT molecular complexity index is 844. The maximum absolute atomic E-state index is 10.3. The molecular formula is C25H33BrClNO3S. The van der Waals surface area contributed by atoms with E-state index < -0.39 is 6.10 Å². The number of hydrogen-bond donors (Lipinski definition) is 1. The number of rotatable bonds is 11. The van der Waals surface area contributed by atoms with Crippen LogP contribution in [0.25, 0.3) is 0 Å². The predicted molar refractivity (Wildman–Crippen MR) is 139 cm³/mol. The van der Waals surface area contributed by atoms with Crippen LogP contribution in [0.1, 0.15) is 31.4 Å². The zero-order valence-electron chi connectivity index (χ0n) is 18.9. The molecule has 1 saturated heterocycles. The number of ether oxygens (including phenoxy) is 2. The second kappa shape index (κ2) is 12.5. The molecule has 2 aromatic rings. The lowest BCUT2D eigenvalue weighted by molar-refractivity contribution is 0.0715. The van der Waals surface area contributed by atoms with Gasteiger partial charge in [-0.2, -0.15) is 11.8 Å². The van der Waals surface area contributed by atoms with E-state index in [0.717, 1.165) is 47.0 Å². The van der Waals surface area contributed by atoms with Gasteiger partial charge >= 0.3 is 0 Å². The van der Waals surface area contributed by atoms with E-state index in [4.69, 9.17) is 21.1 Å². The lowest BCUT2D eigenvalue weighted by Crippen LogP contribution is -2.40. The van der Waals surface area contributed by atoms with Crippen LogP contribution < -0.4 is 9.47 Å². The number of benzene rings is 2. The summed E-state index contributed by atoms with van der Waals surface area (Å²) >= 11 is 11.3. The summed E-state index contributed by atoms with van der Waals surface area (Å²) in [5.41, 5.74) is 2.21. The maximum atomic E-state index is 10.3. The summed E-state index contributed by atoms with van der Waals surface area (Å²) in [6, 6.07) is 14.4. The summed E-state index contributed by atoms with van der Waals surface area (Å²) in [6.07, 6.45) is 0.348. The van der Waals surface area contributed by atoms with Crippen molar-refractivity contribution in [1.82, 2.24) is 4.90 Å². The van der Waals surface area contributed by atoms with Crippen molar-refractivity contribution >= 4 is 39.3 Å². The summed E-state index contributed by atoms with van der Waals surface area (Å²) in [6.45, 7) is 8.09. The van der Waals surface area contributed by atoms with E-state index in [1.165, 1.54) is 11.1 Å². The first kappa shape index (κ1) is 25.7. The second-order valence-electron chi connectivity index (χ2n) is 8.56. The second-order valence-corrected chi connectivity index (χ2v) is 11.0. The van der Waals surface area contributed by atoms with E-state index in [0.29, 0.717) is 25.6 Å². The molecule has 3 rings (SSSR count). The molecule has 1 aliphatic heterocycles. The Balaban J connectivity index is 1.57. The quantitative estimate of drug-likeness (QED) is 0.297.